The van der Waals surface area contributed by atoms with Crippen molar-refractivity contribution in [1.82, 2.24) is 10.2 Å². The topological polar surface area (TPSA) is 35.5 Å². The van der Waals surface area contributed by atoms with E-state index in [1.165, 1.54) is 19.4 Å². The van der Waals surface area contributed by atoms with E-state index in [1.807, 2.05) is 7.05 Å². The van der Waals surface area contributed by atoms with Gasteiger partial charge in [0.05, 0.1) is 0 Å². The molecule has 0 spiro atoms. The van der Waals surface area contributed by atoms with Crippen molar-refractivity contribution < 1.29 is 5.11 Å². The Labute approximate surface area is 87.5 Å². The molecule has 1 heterocycles. The van der Waals surface area contributed by atoms with E-state index in [0.717, 1.165) is 19.6 Å². The summed E-state index contributed by atoms with van der Waals surface area (Å²) in [6, 6.07) is 0. The summed E-state index contributed by atoms with van der Waals surface area (Å²) in [7, 11) is 2.00. The van der Waals surface area contributed by atoms with Crippen molar-refractivity contribution in [2.45, 2.75) is 19.8 Å². The predicted molar refractivity (Wildman–Crippen MR) is 59.3 cm³/mol. The van der Waals surface area contributed by atoms with Crippen LogP contribution in [-0.4, -0.2) is 49.8 Å². The Hall–Kier alpha value is -0.120. The first kappa shape index (κ1) is 12.0. The molecule has 0 aliphatic carbocycles. The summed E-state index contributed by atoms with van der Waals surface area (Å²) >= 11 is 0. The number of aliphatic hydroxyl groups excluding tert-OH is 1. The van der Waals surface area contributed by atoms with Gasteiger partial charge in [-0.3, -0.25) is 0 Å². The average Bonchev–Trinajstić information content (AvgIpc) is 2.18. The second-order valence-corrected chi connectivity index (χ2v) is 4.61. The molecule has 2 unspecified atom stereocenters. The fourth-order valence-corrected chi connectivity index (χ4v) is 2.32. The lowest BCUT2D eigenvalue weighted by Gasteiger charge is -2.33. The highest BCUT2D eigenvalue weighted by atomic mass is 16.3. The maximum atomic E-state index is 9.11. The van der Waals surface area contributed by atoms with E-state index in [2.05, 4.69) is 17.1 Å². The van der Waals surface area contributed by atoms with Crippen molar-refractivity contribution in [3.05, 3.63) is 0 Å². The molecule has 1 rings (SSSR count). The number of hydrogen-bond donors (Lipinski definition) is 2. The maximum absolute atomic E-state index is 9.11. The van der Waals surface area contributed by atoms with E-state index in [0.29, 0.717) is 18.4 Å². The van der Waals surface area contributed by atoms with Crippen LogP contribution in [0.1, 0.15) is 19.8 Å². The van der Waals surface area contributed by atoms with E-state index in [9.17, 15) is 0 Å². The van der Waals surface area contributed by atoms with Gasteiger partial charge in [0.15, 0.2) is 0 Å². The van der Waals surface area contributed by atoms with Gasteiger partial charge in [0.25, 0.3) is 0 Å². The lowest BCUT2D eigenvalue weighted by Crippen LogP contribution is -2.40. The molecule has 0 aromatic rings. The molecule has 1 aliphatic heterocycles. The van der Waals surface area contributed by atoms with Gasteiger partial charge in [0.2, 0.25) is 0 Å². The van der Waals surface area contributed by atoms with Gasteiger partial charge in [0.1, 0.15) is 0 Å². The van der Waals surface area contributed by atoms with Crippen molar-refractivity contribution in [3.63, 3.8) is 0 Å². The standard InChI is InChI=1S/C11H24N2O/c1-10(6-12-2)7-13-5-3-4-11(8-13)9-14/h10-12,14H,3-9H2,1-2H3. The minimum atomic E-state index is 0.358. The summed E-state index contributed by atoms with van der Waals surface area (Å²) < 4.78 is 0. The minimum absolute atomic E-state index is 0.358. The van der Waals surface area contributed by atoms with E-state index in [4.69, 9.17) is 5.11 Å². The number of likely N-dealkylation sites (tertiary alicyclic amines) is 1. The second-order valence-electron chi connectivity index (χ2n) is 4.61. The van der Waals surface area contributed by atoms with Crippen molar-refractivity contribution >= 4 is 0 Å². The van der Waals surface area contributed by atoms with Crippen LogP contribution in [0.5, 0.6) is 0 Å². The van der Waals surface area contributed by atoms with Gasteiger partial charge in [0, 0.05) is 19.7 Å². The summed E-state index contributed by atoms with van der Waals surface area (Å²) in [5, 5.41) is 12.3. The largest absolute Gasteiger partial charge is 0.396 e. The maximum Gasteiger partial charge on any atom is 0.0471 e. The summed E-state index contributed by atoms with van der Waals surface area (Å²) in [6.07, 6.45) is 2.45. The summed E-state index contributed by atoms with van der Waals surface area (Å²) in [6.45, 7) is 7.18. The molecule has 3 heteroatoms. The number of hydrogen-bond acceptors (Lipinski definition) is 3. The molecule has 0 saturated carbocycles. The normalized spacial score (nSPS) is 26.4. The molecule has 0 aromatic carbocycles. The van der Waals surface area contributed by atoms with Crippen molar-refractivity contribution in [2.24, 2.45) is 11.8 Å². The SMILES string of the molecule is CNCC(C)CN1CCCC(CO)C1. The van der Waals surface area contributed by atoms with Crippen molar-refractivity contribution in [2.75, 3.05) is 39.8 Å². The van der Waals surface area contributed by atoms with Crippen molar-refractivity contribution in [1.29, 1.82) is 0 Å². The Bertz CT molecular complexity index is 152. The van der Waals surface area contributed by atoms with E-state index in [1.54, 1.807) is 0 Å². The Balaban J connectivity index is 2.22. The molecule has 2 atom stereocenters. The van der Waals surface area contributed by atoms with Crippen LogP contribution in [0.4, 0.5) is 0 Å². The van der Waals surface area contributed by atoms with Gasteiger partial charge in [-0.2, -0.15) is 0 Å². The van der Waals surface area contributed by atoms with Crippen LogP contribution in [0, 0.1) is 11.8 Å². The lowest BCUT2D eigenvalue weighted by molar-refractivity contribution is 0.110. The van der Waals surface area contributed by atoms with E-state index >= 15 is 0 Å². The first-order chi connectivity index (χ1) is 6.76. The lowest BCUT2D eigenvalue weighted by atomic mass is 9.98. The molecule has 14 heavy (non-hydrogen) atoms. The predicted octanol–water partition coefficient (Wildman–Crippen LogP) is 0.546. The molecule has 0 bridgehead atoms. The van der Waals surface area contributed by atoms with Gasteiger partial charge in [-0.25, -0.2) is 0 Å². The molecular weight excluding hydrogens is 176 g/mol. The molecule has 0 aromatic heterocycles. The number of rotatable bonds is 5. The van der Waals surface area contributed by atoms with Crippen LogP contribution in [-0.2, 0) is 0 Å². The first-order valence-corrected chi connectivity index (χ1v) is 5.74. The van der Waals surface area contributed by atoms with Crippen LogP contribution in [0.15, 0.2) is 0 Å². The number of nitrogens with zero attached hydrogens (tertiary/aromatic N) is 1. The Morgan fingerprint density at radius 1 is 1.57 bits per heavy atom. The van der Waals surface area contributed by atoms with Crippen LogP contribution in [0.2, 0.25) is 0 Å². The molecule has 1 fully saturated rings. The van der Waals surface area contributed by atoms with Crippen molar-refractivity contribution in [3.8, 4) is 0 Å². The first-order valence-electron chi connectivity index (χ1n) is 5.74. The summed E-state index contributed by atoms with van der Waals surface area (Å²) in [4.78, 5) is 2.49. The fourth-order valence-electron chi connectivity index (χ4n) is 2.32. The Kier molecular flexibility index (Phi) is 5.45. The molecule has 1 saturated heterocycles. The highest BCUT2D eigenvalue weighted by Gasteiger charge is 2.19. The molecule has 1 aliphatic rings. The number of piperidine rings is 1. The second kappa shape index (κ2) is 6.38. The van der Waals surface area contributed by atoms with Gasteiger partial charge >= 0.3 is 0 Å². The smallest absolute Gasteiger partial charge is 0.0471 e. The third-order valence-electron chi connectivity index (χ3n) is 2.98. The molecule has 0 amide bonds. The number of nitrogens with one attached hydrogen (secondary N) is 1. The van der Waals surface area contributed by atoms with Crippen LogP contribution >= 0.6 is 0 Å². The Morgan fingerprint density at radius 2 is 2.36 bits per heavy atom. The highest BCUT2D eigenvalue weighted by molar-refractivity contribution is 4.74. The zero-order valence-electron chi connectivity index (χ0n) is 9.50. The minimum Gasteiger partial charge on any atom is -0.396 e. The zero-order chi connectivity index (χ0) is 10.4. The van der Waals surface area contributed by atoms with E-state index < -0.39 is 0 Å². The summed E-state index contributed by atoms with van der Waals surface area (Å²) in [5.41, 5.74) is 0. The molecule has 84 valence electrons. The monoisotopic (exact) mass is 200 g/mol. The molecule has 2 N–H and O–H groups in total. The molecule has 3 nitrogen and oxygen atoms in total. The third kappa shape index (κ3) is 3.95. The van der Waals surface area contributed by atoms with E-state index in [-0.39, 0.29) is 0 Å². The molecule has 0 radical (unpaired) electrons. The quantitative estimate of drug-likeness (QED) is 0.680. The van der Waals surface area contributed by atoms with Gasteiger partial charge < -0.3 is 15.3 Å². The van der Waals surface area contributed by atoms with Gasteiger partial charge in [-0.1, -0.05) is 6.92 Å². The average molecular weight is 200 g/mol. The van der Waals surface area contributed by atoms with Gasteiger partial charge in [-0.15, -0.1) is 0 Å². The summed E-state index contributed by atoms with van der Waals surface area (Å²) in [5.74, 6) is 1.22. The fraction of sp³-hybridized carbons (Fsp3) is 1.00. The van der Waals surface area contributed by atoms with Gasteiger partial charge in [-0.05, 0) is 44.8 Å². The van der Waals surface area contributed by atoms with Crippen LogP contribution in [0.3, 0.4) is 0 Å². The number of aliphatic hydroxyl groups is 1. The molecular formula is C11H24N2O. The third-order valence-corrected chi connectivity index (χ3v) is 2.98. The Morgan fingerprint density at radius 3 is 3.00 bits per heavy atom. The van der Waals surface area contributed by atoms with Crippen LogP contribution in [0.25, 0.3) is 0 Å². The zero-order valence-corrected chi connectivity index (χ0v) is 9.50. The highest BCUT2D eigenvalue weighted by Crippen LogP contribution is 2.16. The van der Waals surface area contributed by atoms with Crippen LogP contribution < -0.4 is 5.32 Å².